The van der Waals surface area contributed by atoms with Crippen molar-refractivity contribution >= 4 is 57.0 Å². The van der Waals surface area contributed by atoms with Gasteiger partial charge in [0.05, 0.1) is 32.3 Å². The predicted molar refractivity (Wildman–Crippen MR) is 168 cm³/mol. The van der Waals surface area contributed by atoms with Crippen molar-refractivity contribution in [3.63, 3.8) is 0 Å². The smallest absolute Gasteiger partial charge is 0.270 e. The van der Waals surface area contributed by atoms with Crippen LogP contribution in [0, 0.1) is 20.2 Å². The summed E-state index contributed by atoms with van der Waals surface area (Å²) in [4.78, 5) is 37.7. The minimum Gasteiger partial charge on any atom is -0.507 e. The van der Waals surface area contributed by atoms with Gasteiger partial charge < -0.3 is 10.2 Å². The maximum Gasteiger partial charge on any atom is 0.270 e. The summed E-state index contributed by atoms with van der Waals surface area (Å²) in [6, 6.07) is 26.2. The van der Waals surface area contributed by atoms with E-state index >= 15 is 0 Å². The van der Waals surface area contributed by atoms with Crippen LogP contribution < -0.4 is 0 Å². The lowest BCUT2D eigenvalue weighted by Crippen LogP contribution is -1.90. The van der Waals surface area contributed by atoms with E-state index in [1.165, 1.54) is 48.8 Å². The number of rotatable bonds is 6. The fraction of sp³-hybridized carbons (Fsp3) is 0. The first-order chi connectivity index (χ1) is 21.3. The Bertz CT molecular complexity index is 1920. The minimum atomic E-state index is -0.518. The van der Waals surface area contributed by atoms with Crippen molar-refractivity contribution in [3.8, 4) is 11.5 Å². The molecule has 0 amide bonds. The summed E-state index contributed by atoms with van der Waals surface area (Å²) in [5.41, 5.74) is 3.07. The molecule has 44 heavy (non-hydrogen) atoms. The second-order valence-electron chi connectivity index (χ2n) is 9.22. The van der Waals surface area contributed by atoms with Crippen molar-refractivity contribution in [1.82, 2.24) is 9.97 Å². The molecule has 0 aliphatic carbocycles. The van der Waals surface area contributed by atoms with E-state index in [2.05, 4.69) is 20.0 Å². The highest BCUT2D eigenvalue weighted by atomic mass is 16.6. The molecule has 12 heteroatoms. The highest BCUT2D eigenvalue weighted by Crippen LogP contribution is 2.27. The third-order valence-corrected chi connectivity index (χ3v) is 6.35. The van der Waals surface area contributed by atoms with Crippen LogP contribution in [0.1, 0.15) is 11.1 Å². The van der Waals surface area contributed by atoms with Crippen LogP contribution in [0.3, 0.4) is 0 Å². The number of phenols is 2. The monoisotopic (exact) mass is 586 g/mol. The number of aromatic nitrogens is 2. The number of phenolic OH excluding ortho intramolecular Hbond substituents is 2. The molecule has 0 radical (unpaired) electrons. The van der Waals surface area contributed by atoms with Gasteiger partial charge in [0.15, 0.2) is 0 Å². The maximum atomic E-state index is 10.8. The van der Waals surface area contributed by atoms with E-state index in [4.69, 9.17) is 0 Å². The highest BCUT2D eigenvalue weighted by Gasteiger charge is 2.10. The van der Waals surface area contributed by atoms with Gasteiger partial charge in [0.25, 0.3) is 11.4 Å². The van der Waals surface area contributed by atoms with Gasteiger partial charge in [-0.1, -0.05) is 36.4 Å². The number of nitro groups is 2. The molecule has 0 spiro atoms. The lowest BCUT2D eigenvalue weighted by molar-refractivity contribution is -0.385. The molecule has 4 aromatic carbocycles. The molecule has 0 unspecified atom stereocenters. The number of benzene rings is 4. The van der Waals surface area contributed by atoms with Gasteiger partial charge in [0.2, 0.25) is 0 Å². The molecule has 2 aromatic heterocycles. The minimum absolute atomic E-state index is 0.0671. The molecule has 0 fully saturated rings. The van der Waals surface area contributed by atoms with Crippen LogP contribution in [0.25, 0.3) is 21.8 Å². The summed E-state index contributed by atoms with van der Waals surface area (Å²) >= 11 is 0. The fourth-order valence-electron chi connectivity index (χ4n) is 4.18. The second kappa shape index (κ2) is 13.0. The van der Waals surface area contributed by atoms with Gasteiger partial charge in [-0.25, -0.2) is 0 Å². The molecule has 0 saturated carbocycles. The standard InChI is InChI=1S/2C16H11N3O3/c2*20-15-7-6-13(19(21)22)9-12(15)10-18-14-5-1-3-11-4-2-8-17-16(11)14/h2*1-10,20H. The van der Waals surface area contributed by atoms with E-state index < -0.39 is 9.85 Å². The first-order valence-corrected chi connectivity index (χ1v) is 13.0. The van der Waals surface area contributed by atoms with Gasteiger partial charge in [-0.3, -0.25) is 40.2 Å². The van der Waals surface area contributed by atoms with E-state index in [1.807, 2.05) is 48.5 Å². The number of hydrogen-bond donors (Lipinski definition) is 2. The average Bonchev–Trinajstić information content (AvgIpc) is 3.04. The molecule has 0 saturated heterocycles. The Kier molecular flexibility index (Phi) is 8.52. The summed E-state index contributed by atoms with van der Waals surface area (Å²) in [7, 11) is 0. The molecule has 216 valence electrons. The number of para-hydroxylation sites is 2. The number of nitro benzene ring substituents is 2. The zero-order chi connectivity index (χ0) is 31.1. The molecular weight excluding hydrogens is 564 g/mol. The van der Waals surface area contributed by atoms with Gasteiger partial charge in [0, 0.05) is 71.0 Å². The fourth-order valence-corrected chi connectivity index (χ4v) is 4.18. The highest BCUT2D eigenvalue weighted by molar-refractivity contribution is 5.94. The van der Waals surface area contributed by atoms with Gasteiger partial charge in [-0.2, -0.15) is 0 Å². The number of aromatic hydroxyl groups is 2. The van der Waals surface area contributed by atoms with Crippen LogP contribution in [-0.2, 0) is 0 Å². The first-order valence-electron chi connectivity index (χ1n) is 13.0. The zero-order valence-corrected chi connectivity index (χ0v) is 22.8. The van der Waals surface area contributed by atoms with Crippen LogP contribution in [0.5, 0.6) is 11.5 Å². The van der Waals surface area contributed by atoms with Crippen molar-refractivity contribution in [1.29, 1.82) is 0 Å². The van der Waals surface area contributed by atoms with Crippen LogP contribution >= 0.6 is 0 Å². The summed E-state index contributed by atoms with van der Waals surface area (Å²) in [6.07, 6.45) is 6.13. The Balaban J connectivity index is 0.000000175. The molecule has 12 nitrogen and oxygen atoms in total. The van der Waals surface area contributed by atoms with Gasteiger partial charge >= 0.3 is 0 Å². The lowest BCUT2D eigenvalue weighted by Gasteiger charge is -2.01. The van der Waals surface area contributed by atoms with Crippen LogP contribution in [-0.4, -0.2) is 42.5 Å². The van der Waals surface area contributed by atoms with Crippen LogP contribution in [0.2, 0.25) is 0 Å². The Hall–Kier alpha value is -6.56. The third kappa shape index (κ3) is 6.66. The van der Waals surface area contributed by atoms with E-state index in [9.17, 15) is 30.4 Å². The van der Waals surface area contributed by atoms with E-state index in [0.29, 0.717) is 11.4 Å². The van der Waals surface area contributed by atoms with Gasteiger partial charge in [0.1, 0.15) is 11.5 Å². The van der Waals surface area contributed by atoms with Crippen LogP contribution in [0.15, 0.2) is 119 Å². The van der Waals surface area contributed by atoms with Crippen molar-refractivity contribution in [3.05, 3.63) is 141 Å². The van der Waals surface area contributed by atoms with E-state index in [-0.39, 0.29) is 34.0 Å². The van der Waals surface area contributed by atoms with E-state index in [1.54, 1.807) is 24.5 Å². The Morgan fingerprint density at radius 2 is 1.00 bits per heavy atom. The molecule has 6 rings (SSSR count). The number of nitrogens with zero attached hydrogens (tertiary/aromatic N) is 6. The molecule has 6 aromatic rings. The van der Waals surface area contributed by atoms with Gasteiger partial charge in [-0.15, -0.1) is 0 Å². The molecular formula is C32H22N6O6. The summed E-state index contributed by atoms with van der Waals surface area (Å²) in [6.45, 7) is 0. The predicted octanol–water partition coefficient (Wildman–Crippen LogP) is 7.20. The number of pyridine rings is 2. The number of aliphatic imine (C=N–C) groups is 2. The Morgan fingerprint density at radius 3 is 1.41 bits per heavy atom. The molecule has 0 atom stereocenters. The molecule has 0 aliphatic rings. The third-order valence-electron chi connectivity index (χ3n) is 6.35. The normalized spacial score (nSPS) is 11.1. The Labute approximate surface area is 249 Å². The lowest BCUT2D eigenvalue weighted by atomic mass is 10.2. The molecule has 0 bridgehead atoms. The van der Waals surface area contributed by atoms with E-state index in [0.717, 1.165) is 21.8 Å². The largest absolute Gasteiger partial charge is 0.507 e. The number of hydrogen-bond acceptors (Lipinski definition) is 10. The van der Waals surface area contributed by atoms with Crippen molar-refractivity contribution < 1.29 is 20.1 Å². The summed E-state index contributed by atoms with van der Waals surface area (Å²) in [5, 5.41) is 43.0. The SMILES string of the molecule is O=[N+]([O-])c1ccc(O)c(C=Nc2cccc3cccnc23)c1.O=[N+]([O-])c1ccc(O)c(C=Nc2cccc3cccnc23)c1. The van der Waals surface area contributed by atoms with Crippen molar-refractivity contribution in [2.24, 2.45) is 9.98 Å². The molecule has 2 heterocycles. The van der Waals surface area contributed by atoms with Crippen molar-refractivity contribution in [2.75, 3.05) is 0 Å². The van der Waals surface area contributed by atoms with Crippen LogP contribution in [0.4, 0.5) is 22.7 Å². The second-order valence-corrected chi connectivity index (χ2v) is 9.22. The van der Waals surface area contributed by atoms with Gasteiger partial charge in [-0.05, 0) is 36.4 Å². The quantitative estimate of drug-likeness (QED) is 0.117. The average molecular weight is 587 g/mol. The maximum absolute atomic E-state index is 10.8. The molecule has 2 N–H and O–H groups in total. The summed E-state index contributed by atoms with van der Waals surface area (Å²) < 4.78 is 0. The summed E-state index contributed by atoms with van der Waals surface area (Å²) in [5.74, 6) is -0.134. The number of fused-ring (bicyclic) bond motifs is 2. The van der Waals surface area contributed by atoms with Crippen molar-refractivity contribution in [2.45, 2.75) is 0 Å². The zero-order valence-electron chi connectivity index (χ0n) is 22.8. The first kappa shape index (κ1) is 29.0. The molecule has 0 aliphatic heterocycles. The topological polar surface area (TPSA) is 177 Å². The Morgan fingerprint density at radius 1 is 0.591 bits per heavy atom. The number of non-ortho nitro benzene ring substituents is 2.